The Bertz CT molecular complexity index is 558. The van der Waals surface area contributed by atoms with Crippen molar-refractivity contribution in [1.29, 1.82) is 0 Å². The van der Waals surface area contributed by atoms with Crippen LogP contribution in [0.1, 0.15) is 36.1 Å². The average Bonchev–Trinajstić information content (AvgIpc) is 2.80. The van der Waals surface area contributed by atoms with E-state index in [1.165, 1.54) is 0 Å². The van der Waals surface area contributed by atoms with Gasteiger partial charge in [-0.25, -0.2) is 0 Å². The normalized spacial score (nSPS) is 17.7. The molecule has 0 radical (unpaired) electrons. The van der Waals surface area contributed by atoms with Gasteiger partial charge < -0.3 is 10.3 Å². The Hall–Kier alpha value is -1.84. The lowest BCUT2D eigenvalue weighted by atomic mass is 10.0. The first-order chi connectivity index (χ1) is 9.06. The van der Waals surface area contributed by atoms with Crippen LogP contribution >= 0.6 is 0 Å². The van der Waals surface area contributed by atoms with Gasteiger partial charge in [-0.2, -0.15) is 0 Å². The molecule has 102 valence electrons. The van der Waals surface area contributed by atoms with Crippen LogP contribution in [0.3, 0.4) is 0 Å². The molecule has 0 fully saturated rings. The van der Waals surface area contributed by atoms with Crippen LogP contribution in [0.15, 0.2) is 23.0 Å². The van der Waals surface area contributed by atoms with Crippen molar-refractivity contribution in [3.8, 4) is 0 Å². The first-order valence-electron chi connectivity index (χ1n) is 6.69. The van der Waals surface area contributed by atoms with E-state index in [9.17, 15) is 9.59 Å². The van der Waals surface area contributed by atoms with Crippen molar-refractivity contribution in [1.82, 2.24) is 10.3 Å². The number of aryl methyl sites for hydroxylation is 2. The molecule has 2 N–H and O–H groups in total. The van der Waals surface area contributed by atoms with Crippen molar-refractivity contribution in [2.24, 2.45) is 5.92 Å². The number of rotatable bonds is 4. The van der Waals surface area contributed by atoms with Gasteiger partial charge in [-0.05, 0) is 44.2 Å². The lowest BCUT2D eigenvalue weighted by molar-refractivity contribution is -0.121. The van der Waals surface area contributed by atoms with Gasteiger partial charge in [0.25, 0.3) is 5.56 Å². The molecule has 0 aliphatic heterocycles. The van der Waals surface area contributed by atoms with Gasteiger partial charge in [-0.1, -0.05) is 12.2 Å². The highest BCUT2D eigenvalue weighted by Gasteiger charge is 2.14. The van der Waals surface area contributed by atoms with Gasteiger partial charge in [-0.3, -0.25) is 9.59 Å². The third-order valence-electron chi connectivity index (χ3n) is 3.52. The maximum Gasteiger partial charge on any atom is 0.253 e. The second-order valence-electron chi connectivity index (χ2n) is 5.19. The van der Waals surface area contributed by atoms with E-state index in [1.807, 2.05) is 19.9 Å². The van der Waals surface area contributed by atoms with Crippen LogP contribution in [0.25, 0.3) is 0 Å². The molecule has 1 heterocycles. The standard InChI is InChI=1S/C15H20N2O2/c1-10-7-11(2)17-15(19)13(10)9-16-14(18)8-12-5-3-4-6-12/h3,5,7,12H,4,6,8-9H2,1-2H3,(H,16,18)(H,17,19)/t12-/m1/s1. The zero-order valence-corrected chi connectivity index (χ0v) is 11.5. The molecule has 4 nitrogen and oxygen atoms in total. The molecule has 1 aromatic rings. The largest absolute Gasteiger partial charge is 0.352 e. The molecule has 2 rings (SSSR count). The number of carbonyl (C=O) groups is 1. The summed E-state index contributed by atoms with van der Waals surface area (Å²) < 4.78 is 0. The smallest absolute Gasteiger partial charge is 0.253 e. The summed E-state index contributed by atoms with van der Waals surface area (Å²) in [7, 11) is 0. The van der Waals surface area contributed by atoms with Crippen molar-refractivity contribution in [2.45, 2.75) is 39.7 Å². The number of hydrogen-bond donors (Lipinski definition) is 2. The Labute approximate surface area is 112 Å². The zero-order valence-electron chi connectivity index (χ0n) is 11.5. The van der Waals surface area contributed by atoms with Crippen molar-refractivity contribution in [3.63, 3.8) is 0 Å². The van der Waals surface area contributed by atoms with Crippen molar-refractivity contribution in [3.05, 3.63) is 45.4 Å². The molecule has 1 aromatic heterocycles. The van der Waals surface area contributed by atoms with Crippen LogP contribution < -0.4 is 10.9 Å². The Morgan fingerprint density at radius 1 is 1.47 bits per heavy atom. The molecule has 0 saturated heterocycles. The fourth-order valence-electron chi connectivity index (χ4n) is 2.46. The first-order valence-corrected chi connectivity index (χ1v) is 6.69. The van der Waals surface area contributed by atoms with E-state index >= 15 is 0 Å². The lowest BCUT2D eigenvalue weighted by Gasteiger charge is -2.10. The highest BCUT2D eigenvalue weighted by atomic mass is 16.1. The van der Waals surface area contributed by atoms with Crippen LogP contribution in [0, 0.1) is 19.8 Å². The summed E-state index contributed by atoms with van der Waals surface area (Å²) in [5, 5.41) is 2.83. The second kappa shape index (κ2) is 5.87. The molecule has 0 unspecified atom stereocenters. The third kappa shape index (κ3) is 3.56. The average molecular weight is 260 g/mol. The molecule has 0 spiro atoms. The molecule has 1 amide bonds. The van der Waals surface area contributed by atoms with Crippen LogP contribution in [0.4, 0.5) is 0 Å². The maximum absolute atomic E-state index is 11.8. The maximum atomic E-state index is 11.8. The lowest BCUT2D eigenvalue weighted by Crippen LogP contribution is -2.28. The molecular formula is C15H20N2O2. The van der Waals surface area contributed by atoms with E-state index < -0.39 is 0 Å². The predicted molar refractivity (Wildman–Crippen MR) is 74.9 cm³/mol. The highest BCUT2D eigenvalue weighted by molar-refractivity contribution is 5.76. The number of nitrogens with one attached hydrogen (secondary N) is 2. The SMILES string of the molecule is Cc1cc(C)c(CNC(=O)C[C@@H]2C=CCC2)c(=O)[nH]1. The number of aromatic amines is 1. The van der Waals surface area contributed by atoms with Crippen LogP contribution in [-0.4, -0.2) is 10.9 Å². The minimum Gasteiger partial charge on any atom is -0.352 e. The van der Waals surface area contributed by atoms with E-state index in [0.29, 0.717) is 24.4 Å². The summed E-state index contributed by atoms with van der Waals surface area (Å²) in [6.45, 7) is 4.04. The van der Waals surface area contributed by atoms with Gasteiger partial charge in [0.2, 0.25) is 5.91 Å². The van der Waals surface area contributed by atoms with Gasteiger partial charge >= 0.3 is 0 Å². The van der Waals surface area contributed by atoms with Gasteiger partial charge in [-0.15, -0.1) is 0 Å². The summed E-state index contributed by atoms with van der Waals surface area (Å²) in [4.78, 5) is 26.4. The minimum absolute atomic E-state index is 0.0101. The number of H-pyrrole nitrogens is 1. The molecule has 19 heavy (non-hydrogen) atoms. The second-order valence-corrected chi connectivity index (χ2v) is 5.19. The van der Waals surface area contributed by atoms with E-state index in [4.69, 9.17) is 0 Å². The van der Waals surface area contributed by atoms with Gasteiger partial charge in [0.1, 0.15) is 0 Å². The number of carbonyl (C=O) groups excluding carboxylic acids is 1. The predicted octanol–water partition coefficient (Wildman–Crippen LogP) is 1.96. The van der Waals surface area contributed by atoms with E-state index in [-0.39, 0.29) is 11.5 Å². The van der Waals surface area contributed by atoms with E-state index in [0.717, 1.165) is 24.1 Å². The monoisotopic (exact) mass is 260 g/mol. The highest BCUT2D eigenvalue weighted by Crippen LogP contribution is 2.20. The molecule has 1 atom stereocenters. The molecule has 1 aliphatic rings. The fraction of sp³-hybridized carbons (Fsp3) is 0.467. The van der Waals surface area contributed by atoms with Crippen LogP contribution in [0.5, 0.6) is 0 Å². The molecule has 0 bridgehead atoms. The molecular weight excluding hydrogens is 240 g/mol. The van der Waals surface area contributed by atoms with Crippen LogP contribution in [-0.2, 0) is 11.3 Å². The Balaban J connectivity index is 1.93. The Morgan fingerprint density at radius 3 is 2.89 bits per heavy atom. The van der Waals surface area contributed by atoms with Gasteiger partial charge in [0.15, 0.2) is 0 Å². The minimum atomic E-state index is -0.112. The quantitative estimate of drug-likeness (QED) is 0.813. The summed E-state index contributed by atoms with van der Waals surface area (Å²) in [6.07, 6.45) is 6.85. The van der Waals surface area contributed by atoms with Crippen molar-refractivity contribution < 1.29 is 4.79 Å². The number of pyridine rings is 1. The summed E-state index contributed by atoms with van der Waals surface area (Å²) in [5.41, 5.74) is 2.29. The number of aromatic nitrogens is 1. The van der Waals surface area contributed by atoms with E-state index in [1.54, 1.807) is 0 Å². The molecule has 1 aliphatic carbocycles. The van der Waals surface area contributed by atoms with E-state index in [2.05, 4.69) is 22.5 Å². The number of amides is 1. The van der Waals surface area contributed by atoms with Crippen molar-refractivity contribution >= 4 is 5.91 Å². The van der Waals surface area contributed by atoms with Gasteiger partial charge in [0.05, 0.1) is 0 Å². The molecule has 0 saturated carbocycles. The summed E-state index contributed by atoms with van der Waals surface area (Å²) in [5.74, 6) is 0.369. The Morgan fingerprint density at radius 2 is 2.26 bits per heavy atom. The molecule has 4 heteroatoms. The van der Waals surface area contributed by atoms with Gasteiger partial charge in [0, 0.05) is 24.2 Å². The summed E-state index contributed by atoms with van der Waals surface area (Å²) in [6, 6.07) is 1.92. The zero-order chi connectivity index (χ0) is 13.8. The first kappa shape index (κ1) is 13.6. The van der Waals surface area contributed by atoms with Crippen molar-refractivity contribution in [2.75, 3.05) is 0 Å². The third-order valence-corrected chi connectivity index (χ3v) is 3.52. The molecule has 0 aromatic carbocycles. The number of allylic oxidation sites excluding steroid dienone is 2. The summed E-state index contributed by atoms with van der Waals surface area (Å²) >= 11 is 0. The topological polar surface area (TPSA) is 62.0 Å². The Kier molecular flexibility index (Phi) is 4.20. The number of hydrogen-bond acceptors (Lipinski definition) is 2. The van der Waals surface area contributed by atoms with Crippen LogP contribution in [0.2, 0.25) is 0 Å². The fourth-order valence-corrected chi connectivity index (χ4v) is 2.46.